The first kappa shape index (κ1) is 100. The minimum Gasteiger partial charge on any atom is -0.459 e. The number of hydrogen-bond donors (Lipinski definition) is 23. The van der Waals surface area contributed by atoms with Crippen molar-refractivity contribution < 1.29 is 208 Å². The number of ether oxygens (including phenoxy) is 17. The predicted molar refractivity (Wildman–Crippen MR) is 418 cm³/mol. The second-order valence-electron chi connectivity index (χ2n) is 39.2. The molecule has 0 bridgehead atoms. The van der Waals surface area contributed by atoms with Gasteiger partial charge in [0.25, 0.3) is 0 Å². The van der Waals surface area contributed by atoms with Crippen LogP contribution in [0.4, 0.5) is 0 Å². The Morgan fingerprint density at radius 1 is 0.500 bits per heavy atom. The van der Waals surface area contributed by atoms with Crippen molar-refractivity contribution >= 4 is 11.9 Å². The number of rotatable bonds is 26. The van der Waals surface area contributed by atoms with E-state index < -0.39 is 342 Å². The second kappa shape index (κ2) is 39.2. The van der Waals surface area contributed by atoms with Crippen LogP contribution in [0.2, 0.25) is 0 Å². The number of fused-ring (bicyclic) bond motifs is 7. The van der Waals surface area contributed by atoms with Crippen LogP contribution in [0.3, 0.4) is 0 Å². The molecule has 722 valence electrons. The van der Waals surface area contributed by atoms with E-state index in [0.717, 1.165) is 5.57 Å². The van der Waals surface area contributed by atoms with Gasteiger partial charge in [-0.15, -0.1) is 6.58 Å². The maximum absolute atomic E-state index is 16.4. The Hall–Kier alpha value is -3.36. The Balaban J connectivity index is 0.766. The highest BCUT2D eigenvalue weighted by Crippen LogP contribution is 2.76. The van der Waals surface area contributed by atoms with E-state index in [4.69, 9.17) is 80.5 Å². The predicted octanol–water partition coefficient (Wildman–Crippen LogP) is -7.00. The van der Waals surface area contributed by atoms with Gasteiger partial charge < -0.3 is 198 Å². The first-order valence-corrected chi connectivity index (χ1v) is 43.7. The van der Waals surface area contributed by atoms with Gasteiger partial charge in [-0.1, -0.05) is 72.3 Å². The van der Waals surface area contributed by atoms with Crippen molar-refractivity contribution in [3.63, 3.8) is 0 Å². The van der Waals surface area contributed by atoms with Crippen LogP contribution in [0.25, 0.3) is 0 Å². The van der Waals surface area contributed by atoms with E-state index in [0.29, 0.717) is 44.9 Å². The normalized spacial score (nSPS) is 50.9. The standard InChI is InChI=1S/C84H134O42/c1-11-80(7,109)18-12-13-34(25-85)68(107)110-31-42-53(97)56(100)66(125-75-67(124-73-60(104)54(98)51(95)41(26-86)117-73)61(105)63(33(2)116-75)121-71-62(106)64(40(90)30-113-71)122-69-57(101)48(92)37(87)27-111-69)76(119-42)126-77(108)84-22-21-78(3,4)23-36(84)35-14-15-45-81(8)19-17-47(79(5,6)44(81)16-20-82(45,9)83(35,10)24-46(84)91)120-72-59(103)55(99)52(96)43(118-72)32-115-74-65(50(94)39(89)29-114-74)123-70-58(102)49(93)38(88)28-112-70/h11,13-14,33,36-67,69-76,85-106,109H,1,12,15-32H2,2-10H3/b34-13+/t33-,36-,37+,38+,39-,40+,41+,42+,43+,44-,45+,46+,47-,48-,49-,50-,51-,52+,53+,54-,55-,56-,57+,58+,59+,60+,61+,62+,63-,64-,65+,66+,67+,69-,70-,71-,72-,73-,74-,75-,76-,80+,81-,82+,83+,84+/m0/s1. The number of hydrogen-bond acceptors (Lipinski definition) is 42. The molecule has 5 aliphatic carbocycles. The SMILES string of the molecule is C=C[C@@](C)(O)CC/C=C(\CO)C(=O)OC[C@H]1O[C@@H](OC(=O)[C@]23CCC(C)(C)C[C@H]2C2=CC[C@@H]4[C@@]5(C)CC[C@H](O[C@@H]6O[C@H](CO[C@@H]7OC[C@H](O)[C@H](O)[C@H]7O[C@@H]7OC[C@@H](O)[C@H](O)[C@H]7O)[C@@H](O)[C@H](O)[C@H]6O)C(C)(C)[C@@H]5CC[C@@]4(C)[C@]2(C)C[C@H]3O)[C@H](O[C@@H]2O[C@@H](C)[C@H](O[C@@H]3OC[C@@H](O)[C@H](O[C@@H]4OC[C@@H](O)[C@H](O)[C@H]4O)[C@H]3O)[C@@H](O)[C@H]2O[C@@H]2O[C@H](CO)[C@H](O)[C@H](O)[C@H]2O)[C@@H](O)[C@@H]1O. The summed E-state index contributed by atoms with van der Waals surface area (Å²) in [5.41, 5.74) is -5.66. The molecule has 12 fully saturated rings. The van der Waals surface area contributed by atoms with Crippen molar-refractivity contribution in [2.24, 2.45) is 50.2 Å². The van der Waals surface area contributed by atoms with Crippen molar-refractivity contribution in [1.29, 1.82) is 0 Å². The van der Waals surface area contributed by atoms with E-state index in [1.165, 1.54) is 26.0 Å². The first-order valence-electron chi connectivity index (χ1n) is 43.7. The van der Waals surface area contributed by atoms with Gasteiger partial charge >= 0.3 is 11.9 Å². The minimum absolute atomic E-state index is 0.00743. The molecule has 0 amide bonds. The summed E-state index contributed by atoms with van der Waals surface area (Å²) in [7, 11) is 0. The largest absolute Gasteiger partial charge is 0.459 e. The lowest BCUT2D eigenvalue weighted by atomic mass is 9.33. The monoisotopic (exact) mass is 1810 g/mol. The zero-order chi connectivity index (χ0) is 92.1. The van der Waals surface area contributed by atoms with Gasteiger partial charge in [-0.3, -0.25) is 4.79 Å². The lowest BCUT2D eigenvalue weighted by Gasteiger charge is -2.71. The van der Waals surface area contributed by atoms with Gasteiger partial charge in [-0.05, 0) is 129 Å². The molecule has 0 aromatic carbocycles. The Morgan fingerprint density at radius 3 is 1.63 bits per heavy atom. The summed E-state index contributed by atoms with van der Waals surface area (Å²) in [6.07, 6.45) is -59.6. The van der Waals surface area contributed by atoms with Gasteiger partial charge in [0.1, 0.15) is 171 Å². The molecule has 46 atom stereocenters. The van der Waals surface area contributed by atoms with E-state index in [-0.39, 0.29) is 43.1 Å². The van der Waals surface area contributed by atoms with Crippen molar-refractivity contribution in [3.05, 3.63) is 36.0 Å². The fourth-order valence-corrected chi connectivity index (χ4v) is 22.4. The number of esters is 2. The molecule has 4 saturated carbocycles. The fourth-order valence-electron chi connectivity index (χ4n) is 22.4. The molecule has 0 unspecified atom stereocenters. The lowest BCUT2D eigenvalue weighted by molar-refractivity contribution is -0.401. The molecule has 8 saturated heterocycles. The summed E-state index contributed by atoms with van der Waals surface area (Å²) in [5, 5.41) is 257. The molecular weight excluding hydrogens is 1680 g/mol. The summed E-state index contributed by atoms with van der Waals surface area (Å²) < 4.78 is 103. The zero-order valence-electron chi connectivity index (χ0n) is 72.1. The van der Waals surface area contributed by atoms with Crippen LogP contribution in [0.1, 0.15) is 133 Å². The van der Waals surface area contributed by atoms with Crippen LogP contribution in [0, 0.1) is 50.2 Å². The molecule has 126 heavy (non-hydrogen) atoms. The molecular formula is C84H134O42. The Labute approximate surface area is 727 Å². The average molecular weight is 1820 g/mol. The zero-order valence-corrected chi connectivity index (χ0v) is 72.1. The summed E-state index contributed by atoms with van der Waals surface area (Å²) in [6, 6.07) is 0. The molecule has 0 spiro atoms. The number of aliphatic hydroxyl groups is 23. The molecule has 0 radical (unpaired) electrons. The van der Waals surface area contributed by atoms with Gasteiger partial charge in [0.05, 0.1) is 75.7 Å². The Morgan fingerprint density at radius 2 is 1.01 bits per heavy atom. The number of allylic oxidation sites excluding steroid dienone is 3. The maximum atomic E-state index is 16.4. The third-order valence-corrected chi connectivity index (χ3v) is 30.4. The van der Waals surface area contributed by atoms with Crippen molar-refractivity contribution in [1.82, 2.24) is 0 Å². The fraction of sp³-hybridized carbons (Fsp3) is 0.905. The smallest absolute Gasteiger partial charge is 0.336 e. The Kier molecular flexibility index (Phi) is 31.1. The summed E-state index contributed by atoms with van der Waals surface area (Å²) in [6.45, 7) is 15.9. The highest BCUT2D eigenvalue weighted by molar-refractivity contribution is 5.88. The molecule has 8 heterocycles. The number of carbonyl (C=O) groups excluding carboxylic acids is 2. The van der Waals surface area contributed by atoms with E-state index >= 15 is 4.79 Å². The molecule has 13 rings (SSSR count). The molecule has 42 nitrogen and oxygen atoms in total. The molecule has 23 N–H and O–H groups in total. The number of carbonyl (C=O) groups is 2. The van der Waals surface area contributed by atoms with Gasteiger partial charge in [0.2, 0.25) is 6.29 Å². The van der Waals surface area contributed by atoms with Crippen LogP contribution in [0.15, 0.2) is 36.0 Å². The van der Waals surface area contributed by atoms with Crippen molar-refractivity contribution in [3.8, 4) is 0 Å². The summed E-state index contributed by atoms with van der Waals surface area (Å²) in [4.78, 5) is 30.3. The third-order valence-electron chi connectivity index (χ3n) is 30.4. The molecule has 8 aliphatic heterocycles. The summed E-state index contributed by atoms with van der Waals surface area (Å²) >= 11 is 0. The van der Waals surface area contributed by atoms with Gasteiger partial charge in [0.15, 0.2) is 50.1 Å². The van der Waals surface area contributed by atoms with Crippen LogP contribution >= 0.6 is 0 Å². The Bertz CT molecular complexity index is 3730. The molecule has 13 aliphatic rings. The lowest BCUT2D eigenvalue weighted by Crippen LogP contribution is -2.69. The maximum Gasteiger partial charge on any atom is 0.336 e. The highest BCUT2D eigenvalue weighted by Gasteiger charge is 2.73. The van der Waals surface area contributed by atoms with Gasteiger partial charge in [-0.25, -0.2) is 4.79 Å². The second-order valence-corrected chi connectivity index (χ2v) is 39.2. The topological polar surface area (TPSA) is 656 Å². The number of aliphatic hydroxyl groups excluding tert-OH is 22. The molecule has 42 heteroatoms. The first-order chi connectivity index (χ1) is 59.1. The van der Waals surface area contributed by atoms with Crippen LogP contribution in [-0.4, -0.2) is 421 Å². The third kappa shape index (κ3) is 19.0. The summed E-state index contributed by atoms with van der Waals surface area (Å²) in [5.74, 6) is -3.13. The van der Waals surface area contributed by atoms with Crippen LogP contribution < -0.4 is 0 Å². The van der Waals surface area contributed by atoms with E-state index in [9.17, 15) is 122 Å². The van der Waals surface area contributed by atoms with Gasteiger partial charge in [0, 0.05) is 0 Å². The van der Waals surface area contributed by atoms with E-state index in [1.54, 1.807) is 0 Å². The quantitative estimate of drug-likeness (QED) is 0.0166. The minimum atomic E-state index is -2.30. The molecule has 0 aromatic heterocycles. The van der Waals surface area contributed by atoms with Gasteiger partial charge in [-0.2, -0.15) is 0 Å². The van der Waals surface area contributed by atoms with Crippen LogP contribution in [-0.2, 0) is 90.1 Å². The van der Waals surface area contributed by atoms with Crippen molar-refractivity contribution in [2.45, 2.75) is 372 Å². The molecule has 0 aromatic rings. The van der Waals surface area contributed by atoms with E-state index in [2.05, 4.69) is 61.1 Å². The van der Waals surface area contributed by atoms with Crippen LogP contribution in [0.5, 0.6) is 0 Å². The average Bonchev–Trinajstić information content (AvgIpc) is 0.669. The van der Waals surface area contributed by atoms with E-state index in [1.807, 2.05) is 0 Å². The highest BCUT2D eigenvalue weighted by atomic mass is 16.8. The van der Waals surface area contributed by atoms with Crippen molar-refractivity contribution in [2.75, 3.05) is 52.9 Å².